The van der Waals surface area contributed by atoms with Gasteiger partial charge in [0.1, 0.15) is 0 Å². The average molecular weight is 332 g/mol. The average Bonchev–Trinajstić information content (AvgIpc) is 2.49. The molecule has 118 valence electrons. The number of benzene rings is 1. The van der Waals surface area contributed by atoms with E-state index < -0.39 is 7.82 Å². The molecule has 0 saturated carbocycles. The van der Waals surface area contributed by atoms with E-state index in [2.05, 4.69) is 27.4 Å². The van der Waals surface area contributed by atoms with Gasteiger partial charge in [0.05, 0.1) is 12.1 Å². The maximum Gasteiger partial charge on any atom is 0.469 e. The number of rotatable bonds is 4. The molecule has 1 aromatic heterocycles. The molecule has 6 nitrogen and oxygen atoms in total. The van der Waals surface area contributed by atoms with Crippen molar-refractivity contribution in [2.45, 2.75) is 0 Å². The number of hydrogen-bond donors (Lipinski definition) is 3. The van der Waals surface area contributed by atoms with Crippen LogP contribution in [0, 0.1) is 0 Å². The fourth-order valence-electron chi connectivity index (χ4n) is 1.26. The van der Waals surface area contributed by atoms with E-state index in [0.29, 0.717) is 5.75 Å². The number of nitrogens with zero attached hydrogens (tertiary/aromatic N) is 1. The smallest absolute Gasteiger partial charge is 0.333 e. The van der Waals surface area contributed by atoms with Crippen molar-refractivity contribution in [2.24, 2.45) is 5.73 Å². The maximum atomic E-state index is 9.97. The van der Waals surface area contributed by atoms with Crippen molar-refractivity contribution in [1.82, 2.24) is 4.98 Å². The van der Waals surface area contributed by atoms with Gasteiger partial charge < -0.3 is 15.5 Å². The molecule has 0 saturated heterocycles. The minimum atomic E-state index is -4.21. The molecule has 21 heavy (non-hydrogen) atoms. The summed E-state index contributed by atoms with van der Waals surface area (Å²) in [5, 5.41) is 1.20. The first-order valence-corrected chi connectivity index (χ1v) is 9.02. The van der Waals surface area contributed by atoms with Gasteiger partial charge in [-0.3, -0.25) is 9.51 Å². The minimum absolute atomic E-state index is 0.103. The molecule has 0 aliphatic heterocycles. The Morgan fingerprint density at radius 1 is 1.24 bits per heavy atom. The van der Waals surface area contributed by atoms with Gasteiger partial charge in [-0.05, 0) is 25.4 Å². The molecule has 0 unspecified atom stereocenters. The molecule has 1 heterocycles. The van der Waals surface area contributed by atoms with Crippen LogP contribution in [0.4, 0.5) is 0 Å². The minimum Gasteiger partial charge on any atom is -0.333 e. The normalized spacial score (nSPS) is 10.1. The van der Waals surface area contributed by atoms with E-state index in [0.717, 1.165) is 5.52 Å². The number of thioether (sulfide) groups is 1. The third kappa shape index (κ3) is 10.4. The molecule has 0 bridgehead atoms. The van der Waals surface area contributed by atoms with Crippen LogP contribution in [0.2, 0.25) is 0 Å². The zero-order valence-corrected chi connectivity index (χ0v) is 13.8. The molecule has 0 amide bonds. The Morgan fingerprint density at radius 2 is 1.86 bits per heavy atom. The Balaban J connectivity index is 0.000000344. The fraction of sp³-hybridized carbons (Fsp3) is 0.308. The van der Waals surface area contributed by atoms with Crippen molar-refractivity contribution in [3.05, 3.63) is 42.6 Å². The summed E-state index contributed by atoms with van der Waals surface area (Å²) in [6.45, 7) is 0.103. The number of nitrogens with two attached hydrogens (primary N) is 1. The van der Waals surface area contributed by atoms with Crippen LogP contribution in [0.25, 0.3) is 10.9 Å². The van der Waals surface area contributed by atoms with Crippen molar-refractivity contribution < 1.29 is 18.9 Å². The Labute approximate surface area is 129 Å². The van der Waals surface area contributed by atoms with Gasteiger partial charge in [0.2, 0.25) is 0 Å². The highest BCUT2D eigenvalue weighted by Gasteiger charge is 2.11. The second-order valence-electron chi connectivity index (χ2n) is 3.51. The van der Waals surface area contributed by atoms with Gasteiger partial charge >= 0.3 is 7.82 Å². The number of phosphoric acid groups is 1. The first kappa shape index (κ1) is 20.1. The van der Waals surface area contributed by atoms with Gasteiger partial charge in [-0.15, -0.1) is 0 Å². The van der Waals surface area contributed by atoms with Crippen LogP contribution in [0.5, 0.6) is 0 Å². The summed E-state index contributed by atoms with van der Waals surface area (Å²) in [4.78, 5) is 20.4. The van der Waals surface area contributed by atoms with Crippen LogP contribution >= 0.6 is 19.6 Å². The molecule has 1 aromatic carbocycles. The standard InChI is InChI=1S/C9H7N.C3H9O4PS.CH5N/c1-2-6-9-8(4-1)5-3-7-10-9;1-9-3-2-7-8(4,5)6;1-2/h1-7H;2-3H2,1H3,(H2,4,5,6);2H2,1H3. The third-order valence-corrected chi connectivity index (χ3v) is 3.15. The van der Waals surface area contributed by atoms with Crippen LogP contribution in [0.3, 0.4) is 0 Å². The highest BCUT2D eigenvalue weighted by Crippen LogP contribution is 2.35. The van der Waals surface area contributed by atoms with E-state index >= 15 is 0 Å². The predicted molar refractivity (Wildman–Crippen MR) is 88.2 cm³/mol. The maximum absolute atomic E-state index is 9.97. The molecule has 0 radical (unpaired) electrons. The van der Waals surface area contributed by atoms with Crippen LogP contribution in [0.15, 0.2) is 42.6 Å². The number of fused-ring (bicyclic) bond motifs is 1. The van der Waals surface area contributed by atoms with Gasteiger partial charge in [-0.2, -0.15) is 11.8 Å². The Hall–Kier alpha value is -0.950. The number of pyridine rings is 1. The van der Waals surface area contributed by atoms with Crippen molar-refractivity contribution >= 4 is 30.5 Å². The van der Waals surface area contributed by atoms with Gasteiger partial charge in [-0.25, -0.2) is 4.57 Å². The lowest BCUT2D eigenvalue weighted by Crippen LogP contribution is -1.93. The number of hydrogen-bond acceptors (Lipinski definition) is 5. The molecule has 8 heteroatoms. The molecule has 0 fully saturated rings. The first-order valence-electron chi connectivity index (χ1n) is 6.09. The van der Waals surface area contributed by atoms with Gasteiger partial charge in [-0.1, -0.05) is 24.3 Å². The monoisotopic (exact) mass is 332 g/mol. The van der Waals surface area contributed by atoms with E-state index in [1.807, 2.05) is 36.7 Å². The zero-order valence-electron chi connectivity index (χ0n) is 12.0. The molecule has 0 aliphatic rings. The molecule has 2 rings (SSSR count). The summed E-state index contributed by atoms with van der Waals surface area (Å²) in [6, 6.07) is 12.1. The molecular weight excluding hydrogens is 311 g/mol. The predicted octanol–water partition coefficient (Wildman–Crippen LogP) is 2.27. The van der Waals surface area contributed by atoms with E-state index in [-0.39, 0.29) is 6.61 Å². The van der Waals surface area contributed by atoms with Crippen molar-refractivity contribution in [2.75, 3.05) is 25.7 Å². The highest BCUT2D eigenvalue weighted by molar-refractivity contribution is 7.98. The molecule has 0 atom stereocenters. The van der Waals surface area contributed by atoms with Crippen LogP contribution < -0.4 is 5.73 Å². The lowest BCUT2D eigenvalue weighted by atomic mass is 10.2. The highest BCUT2D eigenvalue weighted by atomic mass is 32.2. The summed E-state index contributed by atoms with van der Waals surface area (Å²) in [6.07, 6.45) is 3.64. The Morgan fingerprint density at radius 3 is 2.43 bits per heavy atom. The molecule has 2 aromatic rings. The van der Waals surface area contributed by atoms with E-state index in [1.54, 1.807) is 0 Å². The summed E-state index contributed by atoms with van der Waals surface area (Å²) < 4.78 is 14.1. The van der Waals surface area contributed by atoms with Gasteiger partial charge in [0.25, 0.3) is 0 Å². The molecule has 0 aliphatic carbocycles. The van der Waals surface area contributed by atoms with E-state index in [9.17, 15) is 4.57 Å². The quantitative estimate of drug-likeness (QED) is 0.582. The number of para-hydroxylation sites is 1. The third-order valence-electron chi connectivity index (χ3n) is 2.06. The summed E-state index contributed by atoms with van der Waals surface area (Å²) in [5.41, 5.74) is 5.56. The molecular formula is C13H21N2O4PS. The first-order chi connectivity index (χ1) is 10.0. The second kappa shape index (κ2) is 11.7. The summed E-state index contributed by atoms with van der Waals surface area (Å²) >= 11 is 1.47. The lowest BCUT2D eigenvalue weighted by molar-refractivity contribution is 0.208. The summed E-state index contributed by atoms with van der Waals surface area (Å²) in [5.74, 6) is 0.602. The van der Waals surface area contributed by atoms with E-state index in [4.69, 9.17) is 9.79 Å². The number of phosphoric ester groups is 1. The van der Waals surface area contributed by atoms with Gasteiger partial charge in [0.15, 0.2) is 0 Å². The van der Waals surface area contributed by atoms with Crippen molar-refractivity contribution in [1.29, 1.82) is 0 Å². The molecule has 0 spiro atoms. The molecule has 4 N–H and O–H groups in total. The van der Waals surface area contributed by atoms with Crippen LogP contribution in [-0.4, -0.2) is 40.4 Å². The fourth-order valence-corrected chi connectivity index (χ4v) is 1.96. The Bertz CT molecular complexity index is 485. The van der Waals surface area contributed by atoms with Crippen LogP contribution in [0.1, 0.15) is 0 Å². The van der Waals surface area contributed by atoms with Gasteiger partial charge in [0, 0.05) is 17.3 Å². The van der Waals surface area contributed by atoms with Crippen molar-refractivity contribution in [3.8, 4) is 0 Å². The largest absolute Gasteiger partial charge is 0.469 e. The zero-order chi connectivity index (χ0) is 16.1. The SMILES string of the molecule is CN.CSCCOP(=O)(O)O.c1ccc2ncccc2c1. The summed E-state index contributed by atoms with van der Waals surface area (Å²) in [7, 11) is -2.71. The Kier molecular flexibility index (Phi) is 11.2. The number of aromatic nitrogens is 1. The topological polar surface area (TPSA) is 106 Å². The van der Waals surface area contributed by atoms with Crippen molar-refractivity contribution in [3.63, 3.8) is 0 Å². The van der Waals surface area contributed by atoms with E-state index in [1.165, 1.54) is 24.2 Å². The lowest BCUT2D eigenvalue weighted by Gasteiger charge is -2.01. The van der Waals surface area contributed by atoms with Crippen LogP contribution in [-0.2, 0) is 9.09 Å². The second-order valence-corrected chi connectivity index (χ2v) is 5.74.